The molecule has 0 aliphatic heterocycles. The summed E-state index contributed by atoms with van der Waals surface area (Å²) >= 11 is 0. The number of nitrogens with zero attached hydrogens (tertiary/aromatic N) is 2. The van der Waals surface area contributed by atoms with E-state index in [1.165, 1.54) is 18.2 Å². The van der Waals surface area contributed by atoms with Gasteiger partial charge in [0.05, 0.1) is 17.1 Å². The van der Waals surface area contributed by atoms with Crippen LogP contribution in [0.25, 0.3) is 45.6 Å². The monoisotopic (exact) mass is 510 g/mol. The van der Waals surface area contributed by atoms with E-state index in [9.17, 15) is 9.18 Å². The highest BCUT2D eigenvalue weighted by atomic mass is 19.1. The molecule has 0 atom stereocenters. The van der Waals surface area contributed by atoms with E-state index in [1.807, 2.05) is 77.5 Å². The summed E-state index contributed by atoms with van der Waals surface area (Å²) in [5.74, 6) is 0.161. The molecule has 2 aromatic heterocycles. The van der Waals surface area contributed by atoms with Gasteiger partial charge in [-0.2, -0.15) is 5.10 Å². The zero-order chi connectivity index (χ0) is 26.6. The van der Waals surface area contributed by atoms with Gasteiger partial charge in [0.15, 0.2) is 5.76 Å². The van der Waals surface area contributed by atoms with Gasteiger partial charge < -0.3 is 4.42 Å². The molecule has 0 fully saturated rings. The molecule has 0 aliphatic rings. The van der Waals surface area contributed by atoms with Crippen molar-refractivity contribution in [2.75, 3.05) is 0 Å². The molecule has 6 rings (SSSR count). The van der Waals surface area contributed by atoms with Crippen LogP contribution in [0.5, 0.6) is 0 Å². The molecule has 0 spiro atoms. The van der Waals surface area contributed by atoms with Crippen LogP contribution in [0.15, 0.2) is 138 Å². The van der Waals surface area contributed by atoms with Crippen molar-refractivity contribution in [1.29, 1.82) is 0 Å². The lowest BCUT2D eigenvalue weighted by atomic mass is 10.1. The number of ketones is 1. The fourth-order valence-corrected chi connectivity index (χ4v) is 4.36. The van der Waals surface area contributed by atoms with Crippen LogP contribution in [0.2, 0.25) is 0 Å². The van der Waals surface area contributed by atoms with Crippen LogP contribution in [0, 0.1) is 5.82 Å². The summed E-state index contributed by atoms with van der Waals surface area (Å²) in [6, 6.07) is 39.5. The fraction of sp³-hybridized carbons (Fsp3) is 0. The Kier molecular flexibility index (Phi) is 6.54. The Labute approximate surface area is 225 Å². The Morgan fingerprint density at radius 1 is 0.718 bits per heavy atom. The van der Waals surface area contributed by atoms with Gasteiger partial charge in [-0.25, -0.2) is 9.07 Å². The van der Waals surface area contributed by atoms with Gasteiger partial charge in [0, 0.05) is 16.7 Å². The molecular weight excluding hydrogens is 487 g/mol. The van der Waals surface area contributed by atoms with Gasteiger partial charge in [-0.3, -0.25) is 4.79 Å². The van der Waals surface area contributed by atoms with Gasteiger partial charge in [0.2, 0.25) is 5.78 Å². The third kappa shape index (κ3) is 5.24. The highest BCUT2D eigenvalue weighted by Crippen LogP contribution is 2.29. The second-order valence-corrected chi connectivity index (χ2v) is 9.02. The Morgan fingerprint density at radius 3 is 2.08 bits per heavy atom. The molecule has 0 amide bonds. The largest absolute Gasteiger partial charge is 0.453 e. The van der Waals surface area contributed by atoms with Gasteiger partial charge in [-0.1, -0.05) is 78.9 Å². The van der Waals surface area contributed by atoms with Crippen molar-refractivity contribution in [1.82, 2.24) is 9.78 Å². The van der Waals surface area contributed by atoms with Gasteiger partial charge in [-0.05, 0) is 66.2 Å². The number of rotatable bonds is 7. The number of halogens is 1. The van der Waals surface area contributed by atoms with Crippen LogP contribution in [-0.2, 0) is 0 Å². The number of hydrogen-bond donors (Lipinski definition) is 0. The lowest BCUT2D eigenvalue weighted by molar-refractivity contribution is 0.102. The Balaban J connectivity index is 1.24. The van der Waals surface area contributed by atoms with E-state index in [4.69, 9.17) is 9.52 Å². The summed E-state index contributed by atoms with van der Waals surface area (Å²) in [6.45, 7) is 0. The van der Waals surface area contributed by atoms with Crippen molar-refractivity contribution in [3.05, 3.63) is 151 Å². The number of hydrogen-bond acceptors (Lipinski definition) is 3. The number of benzene rings is 4. The van der Waals surface area contributed by atoms with Gasteiger partial charge >= 0.3 is 0 Å². The second-order valence-electron chi connectivity index (χ2n) is 9.02. The molecular formula is C34H23FN2O2. The minimum atomic E-state index is -0.323. The van der Waals surface area contributed by atoms with E-state index in [-0.39, 0.29) is 17.4 Å². The molecule has 6 aromatic rings. The summed E-state index contributed by atoms with van der Waals surface area (Å²) in [7, 11) is 0. The average Bonchev–Trinajstić information content (AvgIpc) is 3.66. The number of allylic oxidation sites excluding steroid dienone is 1. The molecule has 39 heavy (non-hydrogen) atoms. The SMILES string of the molecule is O=C(/C=C/c1ccc(-n2nc(-c3ccccc3)cc2-c2ccccc2)cc1)c1ccc(-c2ccc(F)cc2)o1. The van der Waals surface area contributed by atoms with Crippen molar-refractivity contribution in [2.45, 2.75) is 0 Å². The summed E-state index contributed by atoms with van der Waals surface area (Å²) in [4.78, 5) is 12.7. The van der Waals surface area contributed by atoms with Crippen LogP contribution in [0.1, 0.15) is 16.1 Å². The lowest BCUT2D eigenvalue weighted by Crippen LogP contribution is -1.99. The molecule has 0 bridgehead atoms. The van der Waals surface area contributed by atoms with Gasteiger partial charge in [0.1, 0.15) is 11.6 Å². The first-order valence-corrected chi connectivity index (χ1v) is 12.5. The van der Waals surface area contributed by atoms with Crippen molar-refractivity contribution in [3.63, 3.8) is 0 Å². The van der Waals surface area contributed by atoms with E-state index >= 15 is 0 Å². The highest BCUT2D eigenvalue weighted by Gasteiger charge is 2.13. The standard InChI is InChI=1S/C34H23FN2O2/c35-28-16-14-27(15-17-28)33-21-22-34(39-33)32(38)20-13-24-11-18-29(19-12-24)37-31(26-9-5-2-6-10-26)23-30(36-37)25-7-3-1-4-8-25/h1-23H/b20-13+. The van der Waals surface area contributed by atoms with Crippen LogP contribution in [0.4, 0.5) is 4.39 Å². The first-order valence-electron chi connectivity index (χ1n) is 12.5. The number of aromatic nitrogens is 2. The van der Waals surface area contributed by atoms with E-state index in [0.29, 0.717) is 11.3 Å². The van der Waals surface area contributed by atoms with E-state index in [2.05, 4.69) is 18.2 Å². The summed E-state index contributed by atoms with van der Waals surface area (Å²) in [6.07, 6.45) is 3.24. The third-order valence-corrected chi connectivity index (χ3v) is 6.39. The molecule has 4 aromatic carbocycles. The highest BCUT2D eigenvalue weighted by molar-refractivity contribution is 6.05. The summed E-state index contributed by atoms with van der Waals surface area (Å²) < 4.78 is 20.8. The van der Waals surface area contributed by atoms with Crippen molar-refractivity contribution in [2.24, 2.45) is 0 Å². The normalized spacial score (nSPS) is 11.2. The summed E-state index contributed by atoms with van der Waals surface area (Å²) in [5, 5.41) is 4.91. The minimum absolute atomic E-state index is 0.222. The average molecular weight is 511 g/mol. The third-order valence-electron chi connectivity index (χ3n) is 6.39. The van der Waals surface area contributed by atoms with Gasteiger partial charge in [0.25, 0.3) is 0 Å². The van der Waals surface area contributed by atoms with Crippen molar-refractivity contribution >= 4 is 11.9 Å². The molecule has 2 heterocycles. The predicted octanol–water partition coefficient (Wildman–Crippen LogP) is 8.50. The first-order chi connectivity index (χ1) is 19.1. The zero-order valence-corrected chi connectivity index (χ0v) is 20.9. The smallest absolute Gasteiger partial charge is 0.221 e. The fourth-order valence-electron chi connectivity index (χ4n) is 4.36. The van der Waals surface area contributed by atoms with Crippen LogP contribution in [0.3, 0.4) is 0 Å². The molecule has 0 N–H and O–H groups in total. The molecule has 0 unspecified atom stereocenters. The topological polar surface area (TPSA) is 48.0 Å². The van der Waals surface area contributed by atoms with E-state index in [0.717, 1.165) is 33.8 Å². The molecule has 4 nitrogen and oxygen atoms in total. The Hall–Kier alpha value is -5.29. The summed E-state index contributed by atoms with van der Waals surface area (Å²) in [5.41, 5.74) is 6.49. The van der Waals surface area contributed by atoms with Crippen LogP contribution >= 0.6 is 0 Å². The Bertz CT molecular complexity index is 1750. The Morgan fingerprint density at radius 2 is 1.38 bits per heavy atom. The molecule has 5 heteroatoms. The van der Waals surface area contributed by atoms with Crippen molar-refractivity contribution in [3.8, 4) is 39.5 Å². The van der Waals surface area contributed by atoms with Crippen molar-refractivity contribution < 1.29 is 13.6 Å². The van der Waals surface area contributed by atoms with Gasteiger partial charge in [-0.15, -0.1) is 0 Å². The zero-order valence-electron chi connectivity index (χ0n) is 20.9. The number of furan rings is 1. The quantitative estimate of drug-likeness (QED) is 0.160. The maximum Gasteiger partial charge on any atom is 0.221 e. The minimum Gasteiger partial charge on any atom is -0.453 e. The number of carbonyl (C=O) groups excluding carboxylic acids is 1. The van der Waals surface area contributed by atoms with E-state index < -0.39 is 0 Å². The molecule has 0 radical (unpaired) electrons. The van der Waals surface area contributed by atoms with Crippen LogP contribution < -0.4 is 0 Å². The van der Waals surface area contributed by atoms with E-state index in [1.54, 1.807) is 30.3 Å². The second kappa shape index (κ2) is 10.6. The lowest BCUT2D eigenvalue weighted by Gasteiger charge is -2.08. The molecule has 188 valence electrons. The predicted molar refractivity (Wildman–Crippen MR) is 152 cm³/mol. The molecule has 0 saturated carbocycles. The van der Waals surface area contributed by atoms with Crippen LogP contribution in [-0.4, -0.2) is 15.6 Å². The maximum atomic E-state index is 13.2. The first kappa shape index (κ1) is 24.1. The number of carbonyl (C=O) groups is 1. The molecule has 0 aliphatic carbocycles. The maximum absolute atomic E-state index is 13.2. The molecule has 0 saturated heterocycles.